The Morgan fingerprint density at radius 1 is 1.33 bits per heavy atom. The van der Waals surface area contributed by atoms with E-state index in [1.54, 1.807) is 11.3 Å². The normalized spacial score (nSPS) is 12.3. The summed E-state index contributed by atoms with van der Waals surface area (Å²) in [7, 11) is 0. The third kappa shape index (κ3) is 5.46. The molecule has 1 heterocycles. The number of aliphatic hydroxyl groups is 1. The van der Waals surface area contributed by atoms with E-state index in [1.807, 2.05) is 29.6 Å². The van der Waals surface area contributed by atoms with E-state index in [0.717, 1.165) is 29.4 Å². The van der Waals surface area contributed by atoms with E-state index in [0.29, 0.717) is 12.6 Å². The first kappa shape index (κ1) is 15.9. The third-order valence-electron chi connectivity index (χ3n) is 3.18. The van der Waals surface area contributed by atoms with Crippen molar-refractivity contribution in [3.05, 3.63) is 45.9 Å². The molecule has 1 aromatic heterocycles. The highest BCUT2D eigenvalue weighted by atomic mass is 32.1. The Balaban J connectivity index is 1.78. The number of aryl methyl sites for hydroxylation is 1. The average molecular weight is 306 g/mol. The van der Waals surface area contributed by atoms with Crippen LogP contribution < -0.4 is 10.1 Å². The number of rotatable bonds is 8. The number of hydrogen-bond donors (Lipinski definition) is 2. The summed E-state index contributed by atoms with van der Waals surface area (Å²) in [4.78, 5) is 4.54. The largest absolute Gasteiger partial charge is 0.486 e. The summed E-state index contributed by atoms with van der Waals surface area (Å²) in [6.07, 6.45) is 0.757. The van der Waals surface area contributed by atoms with Crippen LogP contribution in [0.4, 0.5) is 0 Å². The number of thiazole rings is 1. The molecule has 0 aliphatic carbocycles. The smallest absolute Gasteiger partial charge is 0.140 e. The van der Waals surface area contributed by atoms with E-state index in [1.165, 1.54) is 5.56 Å². The summed E-state index contributed by atoms with van der Waals surface area (Å²) in [5, 5.41) is 15.2. The van der Waals surface area contributed by atoms with Gasteiger partial charge in [0.2, 0.25) is 0 Å². The van der Waals surface area contributed by atoms with Gasteiger partial charge in [0.1, 0.15) is 17.4 Å². The molecule has 21 heavy (non-hydrogen) atoms. The van der Waals surface area contributed by atoms with Gasteiger partial charge in [-0.1, -0.05) is 17.7 Å². The highest BCUT2D eigenvalue weighted by molar-refractivity contribution is 7.09. The Kier molecular flexibility index (Phi) is 6.17. The number of nitrogens with one attached hydrogen (secondary N) is 1. The molecule has 5 heteroatoms. The van der Waals surface area contributed by atoms with Gasteiger partial charge in [-0.05, 0) is 32.4 Å². The van der Waals surface area contributed by atoms with Gasteiger partial charge < -0.3 is 15.2 Å². The van der Waals surface area contributed by atoms with Crippen molar-refractivity contribution in [3.63, 3.8) is 0 Å². The molecule has 1 aromatic carbocycles. The van der Waals surface area contributed by atoms with Crippen LogP contribution in [0.15, 0.2) is 29.6 Å². The van der Waals surface area contributed by atoms with Gasteiger partial charge in [-0.15, -0.1) is 11.3 Å². The molecule has 0 aliphatic rings. The van der Waals surface area contributed by atoms with Crippen molar-refractivity contribution in [1.29, 1.82) is 0 Å². The van der Waals surface area contributed by atoms with E-state index in [4.69, 9.17) is 9.84 Å². The Hall–Kier alpha value is -1.43. The van der Waals surface area contributed by atoms with Crippen molar-refractivity contribution in [2.24, 2.45) is 0 Å². The third-order valence-corrected chi connectivity index (χ3v) is 4.05. The van der Waals surface area contributed by atoms with Crippen LogP contribution in [0.2, 0.25) is 0 Å². The van der Waals surface area contributed by atoms with Crippen LogP contribution in [-0.4, -0.2) is 22.7 Å². The maximum Gasteiger partial charge on any atom is 0.140 e. The minimum absolute atomic E-state index is 0.209. The molecule has 1 unspecified atom stereocenters. The van der Waals surface area contributed by atoms with Crippen LogP contribution in [0.25, 0.3) is 0 Å². The number of hydrogen-bond acceptors (Lipinski definition) is 5. The van der Waals surface area contributed by atoms with Crippen LogP contribution >= 0.6 is 11.3 Å². The molecule has 0 spiro atoms. The van der Waals surface area contributed by atoms with Gasteiger partial charge >= 0.3 is 0 Å². The lowest BCUT2D eigenvalue weighted by Gasteiger charge is -2.10. The maximum atomic E-state index is 8.86. The molecule has 0 saturated heterocycles. The van der Waals surface area contributed by atoms with E-state index in [9.17, 15) is 0 Å². The quantitative estimate of drug-likeness (QED) is 0.787. The van der Waals surface area contributed by atoms with Gasteiger partial charge in [0.15, 0.2) is 0 Å². The fourth-order valence-corrected chi connectivity index (χ4v) is 2.56. The predicted molar refractivity (Wildman–Crippen MR) is 85.6 cm³/mol. The molecule has 2 rings (SSSR count). The lowest BCUT2D eigenvalue weighted by molar-refractivity contribution is 0.268. The Bertz CT molecular complexity index is 539. The van der Waals surface area contributed by atoms with Crippen molar-refractivity contribution >= 4 is 11.3 Å². The minimum atomic E-state index is 0.209. The van der Waals surface area contributed by atoms with Crippen LogP contribution in [0.3, 0.4) is 0 Å². The predicted octanol–water partition coefficient (Wildman–Crippen LogP) is 2.89. The van der Waals surface area contributed by atoms with Gasteiger partial charge in [0.05, 0.1) is 5.69 Å². The summed E-state index contributed by atoms with van der Waals surface area (Å²) in [6, 6.07) is 8.32. The number of nitrogens with zero attached hydrogens (tertiary/aromatic N) is 1. The van der Waals surface area contributed by atoms with Crippen molar-refractivity contribution < 1.29 is 9.84 Å². The highest BCUT2D eigenvalue weighted by Crippen LogP contribution is 2.16. The summed E-state index contributed by atoms with van der Waals surface area (Å²) in [6.45, 7) is 5.55. The second-order valence-corrected chi connectivity index (χ2v) is 6.07. The zero-order valence-corrected chi connectivity index (χ0v) is 13.3. The maximum absolute atomic E-state index is 8.86. The topological polar surface area (TPSA) is 54.4 Å². The Morgan fingerprint density at radius 3 is 2.81 bits per heavy atom. The standard InChI is InChI=1S/C16H22N2O2S/c1-12-3-5-15(6-4-12)20-10-16-18-14(11-21-16)9-17-13(2)7-8-19/h3-6,11,13,17,19H,7-10H2,1-2H3. The van der Waals surface area contributed by atoms with Crippen molar-refractivity contribution in [3.8, 4) is 5.75 Å². The zero-order chi connectivity index (χ0) is 15.1. The monoisotopic (exact) mass is 306 g/mol. The number of aliphatic hydroxyl groups excluding tert-OH is 1. The highest BCUT2D eigenvalue weighted by Gasteiger charge is 2.05. The first-order valence-corrected chi connectivity index (χ1v) is 8.02. The molecule has 0 fully saturated rings. The van der Waals surface area contributed by atoms with Crippen molar-refractivity contribution in [2.45, 2.75) is 39.5 Å². The molecule has 0 aliphatic heterocycles. The molecule has 114 valence electrons. The van der Waals surface area contributed by atoms with Gasteiger partial charge in [0, 0.05) is 24.6 Å². The molecule has 0 saturated carbocycles. The molecule has 1 atom stereocenters. The first-order chi connectivity index (χ1) is 10.2. The van der Waals surface area contributed by atoms with Gasteiger partial charge in [-0.25, -0.2) is 4.98 Å². The fourth-order valence-electron chi connectivity index (χ4n) is 1.85. The van der Waals surface area contributed by atoms with Crippen molar-refractivity contribution in [2.75, 3.05) is 6.61 Å². The van der Waals surface area contributed by atoms with E-state index in [2.05, 4.69) is 24.1 Å². The molecule has 0 radical (unpaired) electrons. The SMILES string of the molecule is Cc1ccc(OCc2nc(CNC(C)CCO)cs2)cc1. The van der Waals surface area contributed by atoms with Crippen LogP contribution in [0.1, 0.15) is 29.6 Å². The molecule has 2 aromatic rings. The zero-order valence-electron chi connectivity index (χ0n) is 12.5. The molecule has 0 bridgehead atoms. The van der Waals surface area contributed by atoms with E-state index >= 15 is 0 Å². The second kappa shape index (κ2) is 8.12. The average Bonchev–Trinajstić information content (AvgIpc) is 2.93. The number of aromatic nitrogens is 1. The van der Waals surface area contributed by atoms with Gasteiger partial charge in [-0.2, -0.15) is 0 Å². The molecular formula is C16H22N2O2S. The number of benzene rings is 1. The van der Waals surface area contributed by atoms with Crippen LogP contribution in [0.5, 0.6) is 5.75 Å². The van der Waals surface area contributed by atoms with E-state index < -0.39 is 0 Å². The lowest BCUT2D eigenvalue weighted by Crippen LogP contribution is -2.26. The van der Waals surface area contributed by atoms with Crippen LogP contribution in [-0.2, 0) is 13.2 Å². The summed E-state index contributed by atoms with van der Waals surface area (Å²) in [5.74, 6) is 0.868. The van der Waals surface area contributed by atoms with E-state index in [-0.39, 0.29) is 6.61 Å². The minimum Gasteiger partial charge on any atom is -0.486 e. The molecular weight excluding hydrogens is 284 g/mol. The Morgan fingerprint density at radius 2 is 2.10 bits per heavy atom. The number of ether oxygens (including phenoxy) is 1. The summed E-state index contributed by atoms with van der Waals surface area (Å²) < 4.78 is 5.72. The molecule has 4 nitrogen and oxygen atoms in total. The first-order valence-electron chi connectivity index (χ1n) is 7.14. The molecule has 2 N–H and O–H groups in total. The van der Waals surface area contributed by atoms with Crippen LogP contribution in [0, 0.1) is 6.92 Å². The summed E-state index contributed by atoms with van der Waals surface area (Å²) >= 11 is 1.61. The molecule has 0 amide bonds. The Labute approximate surface area is 129 Å². The van der Waals surface area contributed by atoms with Crippen molar-refractivity contribution in [1.82, 2.24) is 10.3 Å². The van der Waals surface area contributed by atoms with Gasteiger partial charge in [-0.3, -0.25) is 0 Å². The lowest BCUT2D eigenvalue weighted by atomic mass is 10.2. The fraction of sp³-hybridized carbons (Fsp3) is 0.438. The second-order valence-electron chi connectivity index (χ2n) is 5.13. The van der Waals surface area contributed by atoms with Gasteiger partial charge in [0.25, 0.3) is 0 Å². The summed E-state index contributed by atoms with van der Waals surface area (Å²) in [5.41, 5.74) is 2.24.